The van der Waals surface area contributed by atoms with Gasteiger partial charge in [0.25, 0.3) is 0 Å². The van der Waals surface area contributed by atoms with Crippen LogP contribution in [0, 0.1) is 0 Å². The number of fused-ring (bicyclic) bond motifs is 1. The first-order chi connectivity index (χ1) is 7.86. The summed E-state index contributed by atoms with van der Waals surface area (Å²) in [6.45, 7) is 0. The van der Waals surface area contributed by atoms with Gasteiger partial charge in [0.05, 0.1) is 5.69 Å². The van der Waals surface area contributed by atoms with E-state index in [2.05, 4.69) is 0 Å². The normalized spacial score (nSPS) is 18.6. The minimum Gasteiger partial charge on any atom is -0.368 e. The van der Waals surface area contributed by atoms with Crippen molar-refractivity contribution >= 4 is 17.6 Å². The van der Waals surface area contributed by atoms with Gasteiger partial charge in [-0.25, -0.2) is 0 Å². The fourth-order valence-electron chi connectivity index (χ4n) is 1.83. The number of hydrogen-bond acceptors (Lipinski definition) is 3. The van der Waals surface area contributed by atoms with Crippen LogP contribution in [0.1, 0.15) is 11.8 Å². The number of benzene rings is 2. The Morgan fingerprint density at radius 2 is 1.62 bits per heavy atom. The third kappa shape index (κ3) is 1.49. The van der Waals surface area contributed by atoms with Gasteiger partial charge in [0.1, 0.15) is 0 Å². The number of aliphatic hydroxyl groups excluding tert-OH is 1. The second-order valence-corrected chi connectivity index (χ2v) is 4.68. The fourth-order valence-corrected chi connectivity index (χ4v) is 2.90. The Hall–Kier alpha value is -1.45. The minimum absolute atomic E-state index is 0.552. The highest BCUT2D eigenvalue weighted by molar-refractivity contribution is 8.01. The van der Waals surface area contributed by atoms with Crippen LogP contribution in [0.5, 0.6) is 0 Å². The molecule has 0 aromatic heterocycles. The molecule has 0 saturated carbocycles. The maximum absolute atomic E-state index is 10.2. The van der Waals surface area contributed by atoms with E-state index in [9.17, 15) is 5.11 Å². The molecular weight excluding hydrogens is 218 g/mol. The Bertz CT molecular complexity index is 500. The number of rotatable bonds is 1. The number of para-hydroxylation sites is 1. The van der Waals surface area contributed by atoms with Crippen LogP contribution < -0.4 is 4.31 Å². The molecule has 0 radical (unpaired) electrons. The van der Waals surface area contributed by atoms with Crippen LogP contribution in [0.15, 0.2) is 59.5 Å². The Balaban J connectivity index is 1.99. The molecule has 0 bridgehead atoms. The van der Waals surface area contributed by atoms with Gasteiger partial charge in [0.15, 0.2) is 6.23 Å². The first kappa shape index (κ1) is 9.75. The quantitative estimate of drug-likeness (QED) is 0.760. The van der Waals surface area contributed by atoms with Crippen molar-refractivity contribution in [2.75, 3.05) is 4.31 Å². The Morgan fingerprint density at radius 3 is 2.38 bits per heavy atom. The highest BCUT2D eigenvalue weighted by Gasteiger charge is 2.29. The third-order valence-corrected chi connectivity index (χ3v) is 3.80. The van der Waals surface area contributed by atoms with Crippen LogP contribution in [0.4, 0.5) is 5.69 Å². The lowest BCUT2D eigenvalue weighted by molar-refractivity contribution is 0.194. The van der Waals surface area contributed by atoms with E-state index in [4.69, 9.17) is 0 Å². The summed E-state index contributed by atoms with van der Waals surface area (Å²) < 4.78 is 1.92. The van der Waals surface area contributed by atoms with Gasteiger partial charge in [-0.3, -0.25) is 4.31 Å². The molecule has 16 heavy (non-hydrogen) atoms. The molecule has 0 amide bonds. The molecular formula is C13H11NOS. The first-order valence-electron chi connectivity index (χ1n) is 5.15. The van der Waals surface area contributed by atoms with E-state index in [1.807, 2.05) is 58.9 Å². The predicted octanol–water partition coefficient (Wildman–Crippen LogP) is 3.20. The molecule has 3 rings (SSSR count). The predicted molar refractivity (Wildman–Crippen MR) is 66.2 cm³/mol. The van der Waals surface area contributed by atoms with Gasteiger partial charge in [-0.05, 0) is 30.1 Å². The second-order valence-electron chi connectivity index (χ2n) is 3.66. The summed E-state index contributed by atoms with van der Waals surface area (Å²) in [5, 5.41) is 10.2. The number of nitrogens with zero attached hydrogens (tertiary/aromatic N) is 1. The molecule has 2 nitrogen and oxygen atoms in total. The van der Waals surface area contributed by atoms with Crippen molar-refractivity contribution in [3.63, 3.8) is 0 Å². The average Bonchev–Trinajstić information content (AvgIpc) is 2.69. The Kier molecular flexibility index (Phi) is 2.35. The maximum atomic E-state index is 10.2. The van der Waals surface area contributed by atoms with Crippen LogP contribution >= 0.6 is 11.9 Å². The van der Waals surface area contributed by atoms with Gasteiger partial charge in [0, 0.05) is 10.5 Å². The van der Waals surface area contributed by atoms with E-state index in [-0.39, 0.29) is 0 Å². The summed E-state index contributed by atoms with van der Waals surface area (Å²) in [6, 6.07) is 17.9. The van der Waals surface area contributed by atoms with Gasteiger partial charge in [-0.2, -0.15) is 0 Å². The Labute approximate surface area is 98.7 Å². The van der Waals surface area contributed by atoms with Crippen molar-refractivity contribution in [3.8, 4) is 0 Å². The van der Waals surface area contributed by atoms with Gasteiger partial charge in [-0.1, -0.05) is 36.4 Å². The van der Waals surface area contributed by atoms with Crippen LogP contribution in [0.3, 0.4) is 0 Å². The van der Waals surface area contributed by atoms with E-state index in [0.29, 0.717) is 0 Å². The molecule has 1 N–H and O–H groups in total. The van der Waals surface area contributed by atoms with Crippen molar-refractivity contribution in [2.24, 2.45) is 0 Å². The number of hydrogen-bond donors (Lipinski definition) is 1. The largest absolute Gasteiger partial charge is 0.368 e. The van der Waals surface area contributed by atoms with Gasteiger partial charge >= 0.3 is 0 Å². The summed E-state index contributed by atoms with van der Waals surface area (Å²) >= 11 is 1.58. The summed E-state index contributed by atoms with van der Waals surface area (Å²) in [7, 11) is 0. The molecule has 1 atom stereocenters. The lowest BCUT2D eigenvalue weighted by Gasteiger charge is -2.20. The van der Waals surface area contributed by atoms with Crippen LogP contribution in [-0.4, -0.2) is 5.11 Å². The van der Waals surface area contributed by atoms with Gasteiger partial charge < -0.3 is 5.11 Å². The zero-order valence-electron chi connectivity index (χ0n) is 8.58. The molecule has 0 aliphatic carbocycles. The maximum Gasteiger partial charge on any atom is 0.164 e. The summed E-state index contributed by atoms with van der Waals surface area (Å²) in [4.78, 5) is 1.12. The third-order valence-electron chi connectivity index (χ3n) is 2.63. The first-order valence-corrected chi connectivity index (χ1v) is 5.93. The van der Waals surface area contributed by atoms with Crippen molar-refractivity contribution in [1.82, 2.24) is 0 Å². The van der Waals surface area contributed by atoms with Crippen molar-refractivity contribution in [3.05, 3.63) is 60.2 Å². The second kappa shape index (κ2) is 3.85. The molecule has 0 saturated heterocycles. The summed E-state index contributed by atoms with van der Waals surface area (Å²) in [5.74, 6) is 0. The minimum atomic E-state index is -0.552. The van der Waals surface area contributed by atoms with E-state index in [1.165, 1.54) is 0 Å². The average molecular weight is 229 g/mol. The summed E-state index contributed by atoms with van der Waals surface area (Å²) in [5.41, 5.74) is 2.01. The van der Waals surface area contributed by atoms with Crippen LogP contribution in [0.2, 0.25) is 0 Å². The molecule has 3 heteroatoms. The molecule has 2 aromatic carbocycles. The van der Waals surface area contributed by atoms with E-state index in [1.54, 1.807) is 11.9 Å². The monoisotopic (exact) mass is 229 g/mol. The molecule has 1 heterocycles. The highest BCUT2D eigenvalue weighted by atomic mass is 32.2. The number of anilines is 1. The topological polar surface area (TPSA) is 23.5 Å². The molecule has 0 spiro atoms. The molecule has 80 valence electrons. The van der Waals surface area contributed by atoms with Crippen LogP contribution in [0.25, 0.3) is 0 Å². The zero-order chi connectivity index (χ0) is 11.0. The smallest absolute Gasteiger partial charge is 0.164 e. The van der Waals surface area contributed by atoms with E-state index in [0.717, 1.165) is 16.1 Å². The van der Waals surface area contributed by atoms with E-state index >= 15 is 0 Å². The standard InChI is InChI=1S/C13H11NOS/c15-13-11-8-4-5-9-12(11)16-14(13)10-6-2-1-3-7-10/h1-9,13,15H. The van der Waals surface area contributed by atoms with E-state index < -0.39 is 6.23 Å². The lowest BCUT2D eigenvalue weighted by Crippen LogP contribution is -2.15. The molecule has 1 aliphatic rings. The number of aliphatic hydroxyl groups is 1. The van der Waals surface area contributed by atoms with Crippen molar-refractivity contribution in [1.29, 1.82) is 0 Å². The fraction of sp³-hybridized carbons (Fsp3) is 0.0769. The van der Waals surface area contributed by atoms with Gasteiger partial charge in [0.2, 0.25) is 0 Å². The lowest BCUT2D eigenvalue weighted by atomic mass is 10.2. The Morgan fingerprint density at radius 1 is 0.938 bits per heavy atom. The van der Waals surface area contributed by atoms with Crippen molar-refractivity contribution in [2.45, 2.75) is 11.1 Å². The molecule has 0 fully saturated rings. The van der Waals surface area contributed by atoms with Gasteiger partial charge in [-0.15, -0.1) is 0 Å². The zero-order valence-corrected chi connectivity index (χ0v) is 9.39. The SMILES string of the molecule is OC1c2ccccc2SN1c1ccccc1. The highest BCUT2D eigenvalue weighted by Crippen LogP contribution is 2.45. The molecule has 1 aliphatic heterocycles. The molecule has 1 unspecified atom stereocenters. The summed E-state index contributed by atoms with van der Waals surface area (Å²) in [6.07, 6.45) is -0.552. The van der Waals surface area contributed by atoms with Crippen molar-refractivity contribution < 1.29 is 5.11 Å². The molecule has 2 aromatic rings. The van der Waals surface area contributed by atoms with Crippen LogP contribution in [-0.2, 0) is 0 Å².